The van der Waals surface area contributed by atoms with Crippen molar-refractivity contribution < 1.29 is 13.2 Å². The first-order valence-corrected chi connectivity index (χ1v) is 8.67. The van der Waals surface area contributed by atoms with Crippen LogP contribution in [0.2, 0.25) is 0 Å². The van der Waals surface area contributed by atoms with Crippen LogP contribution in [0.3, 0.4) is 0 Å². The summed E-state index contributed by atoms with van der Waals surface area (Å²) in [6.07, 6.45) is 4.20. The summed E-state index contributed by atoms with van der Waals surface area (Å²) in [5.41, 5.74) is 1.12. The van der Waals surface area contributed by atoms with Gasteiger partial charge in [-0.25, -0.2) is 13.6 Å². The van der Waals surface area contributed by atoms with E-state index in [9.17, 15) is 13.2 Å². The zero-order valence-corrected chi connectivity index (χ0v) is 12.8. The Morgan fingerprint density at radius 1 is 1.32 bits per heavy atom. The molecule has 0 radical (unpaired) electrons. The Morgan fingerprint density at radius 2 is 2.14 bits per heavy atom. The minimum absolute atomic E-state index is 0.0156. The lowest BCUT2D eigenvalue weighted by molar-refractivity contribution is -0.127. The molecule has 7 heteroatoms. The summed E-state index contributed by atoms with van der Waals surface area (Å²) in [7, 11) is -3.66. The number of likely N-dealkylation sites (tertiary alicyclic amines) is 1. The number of hydrogen-bond donors (Lipinski definition) is 1. The van der Waals surface area contributed by atoms with E-state index >= 15 is 0 Å². The molecule has 2 N–H and O–H groups in total. The highest BCUT2D eigenvalue weighted by Gasteiger charge is 2.36. The number of rotatable bonds is 4. The highest BCUT2D eigenvalue weighted by Crippen LogP contribution is 2.20. The van der Waals surface area contributed by atoms with Crippen molar-refractivity contribution in [2.45, 2.75) is 18.1 Å². The maximum absolute atomic E-state index is 11.9. The molecule has 6 nitrogen and oxygen atoms in total. The molecule has 2 heterocycles. The van der Waals surface area contributed by atoms with Gasteiger partial charge in [-0.2, -0.15) is 0 Å². The van der Waals surface area contributed by atoms with Crippen molar-refractivity contribution in [3.63, 3.8) is 0 Å². The number of benzene rings is 1. The maximum Gasteiger partial charge on any atom is 0.224 e. The van der Waals surface area contributed by atoms with Gasteiger partial charge < -0.3 is 4.90 Å². The van der Waals surface area contributed by atoms with E-state index in [4.69, 9.17) is 5.14 Å². The van der Waals surface area contributed by atoms with Gasteiger partial charge in [-0.3, -0.25) is 9.78 Å². The fourth-order valence-electron chi connectivity index (χ4n) is 2.84. The number of hydrogen-bond acceptors (Lipinski definition) is 4. The third kappa shape index (κ3) is 2.95. The van der Waals surface area contributed by atoms with Crippen LogP contribution < -0.4 is 5.14 Å². The molecule has 1 fully saturated rings. The first-order valence-electron chi connectivity index (χ1n) is 7.06. The first kappa shape index (κ1) is 14.9. The summed E-state index contributed by atoms with van der Waals surface area (Å²) in [5, 5.41) is 6.51. The summed E-state index contributed by atoms with van der Waals surface area (Å²) in [5.74, 6) is -0.152. The number of aromatic nitrogens is 1. The van der Waals surface area contributed by atoms with Crippen molar-refractivity contribution in [3.8, 4) is 0 Å². The van der Waals surface area contributed by atoms with Gasteiger partial charge in [0.25, 0.3) is 0 Å². The van der Waals surface area contributed by atoms with E-state index in [-0.39, 0.29) is 18.9 Å². The number of amides is 1. The molecule has 1 unspecified atom stereocenters. The Balaban J connectivity index is 1.74. The molecule has 1 amide bonds. The summed E-state index contributed by atoms with van der Waals surface area (Å²) < 4.78 is 22.7. The van der Waals surface area contributed by atoms with Crippen LogP contribution in [-0.4, -0.2) is 42.5 Å². The molecular formula is C15H17N3O3S. The van der Waals surface area contributed by atoms with E-state index in [1.807, 2.05) is 24.3 Å². The lowest BCUT2D eigenvalue weighted by atomic mass is 10.0. The van der Waals surface area contributed by atoms with Crippen molar-refractivity contribution in [3.05, 3.63) is 42.2 Å². The number of nitrogens with zero attached hydrogens (tertiary/aromatic N) is 2. The number of primary sulfonamides is 1. The van der Waals surface area contributed by atoms with Gasteiger partial charge in [0.2, 0.25) is 15.9 Å². The average Bonchev–Trinajstić information content (AvgIpc) is 2.86. The first-order chi connectivity index (χ1) is 10.4. The molecule has 1 saturated heterocycles. The number of carbonyl (C=O) groups is 1. The third-order valence-electron chi connectivity index (χ3n) is 4.07. The molecule has 1 aliphatic heterocycles. The number of pyridine rings is 1. The fraction of sp³-hybridized carbons (Fsp3) is 0.333. The Bertz CT molecular complexity index is 814. The van der Waals surface area contributed by atoms with Gasteiger partial charge in [0.1, 0.15) is 5.25 Å². The second-order valence-corrected chi connectivity index (χ2v) is 7.36. The Kier molecular flexibility index (Phi) is 3.84. The van der Waals surface area contributed by atoms with E-state index in [2.05, 4.69) is 4.98 Å². The normalized spacial score (nSPS) is 19.0. The van der Waals surface area contributed by atoms with Crippen molar-refractivity contribution >= 4 is 26.7 Å². The molecule has 22 heavy (non-hydrogen) atoms. The number of nitrogens with two attached hydrogens (primary N) is 1. The Labute approximate surface area is 129 Å². The lowest BCUT2D eigenvalue weighted by Crippen LogP contribution is -2.33. The van der Waals surface area contributed by atoms with Crippen LogP contribution in [0.25, 0.3) is 10.8 Å². The highest BCUT2D eigenvalue weighted by atomic mass is 32.2. The molecule has 0 spiro atoms. The van der Waals surface area contributed by atoms with Crippen LogP contribution in [0, 0.1) is 0 Å². The second-order valence-electron chi connectivity index (χ2n) is 5.52. The number of sulfonamides is 1. The van der Waals surface area contributed by atoms with E-state index in [1.54, 1.807) is 17.3 Å². The van der Waals surface area contributed by atoms with Crippen molar-refractivity contribution in [1.82, 2.24) is 9.88 Å². The predicted octanol–water partition coefficient (Wildman–Crippen LogP) is 0.667. The predicted molar refractivity (Wildman–Crippen MR) is 83.5 cm³/mol. The smallest absolute Gasteiger partial charge is 0.224 e. The summed E-state index contributed by atoms with van der Waals surface area (Å²) in [6, 6.07) is 7.91. The molecule has 1 atom stereocenters. The third-order valence-corrected chi connectivity index (χ3v) is 5.31. The summed E-state index contributed by atoms with van der Waals surface area (Å²) >= 11 is 0. The second kappa shape index (κ2) is 5.66. The molecule has 3 rings (SSSR count). The van der Waals surface area contributed by atoms with Gasteiger partial charge in [0, 0.05) is 37.3 Å². The zero-order valence-electron chi connectivity index (χ0n) is 12.0. The summed E-state index contributed by atoms with van der Waals surface area (Å²) in [4.78, 5) is 17.6. The van der Waals surface area contributed by atoms with Gasteiger partial charge in [-0.05, 0) is 23.4 Å². The SMILES string of the molecule is NS(=O)(=O)C1CC(=O)N(CCc2cccc3cnccc23)C1. The van der Waals surface area contributed by atoms with Gasteiger partial charge in [-0.1, -0.05) is 18.2 Å². The van der Waals surface area contributed by atoms with Crippen LogP contribution in [0.5, 0.6) is 0 Å². The zero-order chi connectivity index (χ0) is 15.7. The molecule has 0 saturated carbocycles. The van der Waals surface area contributed by atoms with E-state index in [0.29, 0.717) is 13.0 Å². The van der Waals surface area contributed by atoms with Crippen LogP contribution in [0.4, 0.5) is 0 Å². The molecule has 1 aliphatic rings. The molecule has 1 aromatic carbocycles. The lowest BCUT2D eigenvalue weighted by Gasteiger charge is -2.16. The largest absolute Gasteiger partial charge is 0.341 e. The van der Waals surface area contributed by atoms with Gasteiger partial charge >= 0.3 is 0 Å². The molecular weight excluding hydrogens is 302 g/mol. The van der Waals surface area contributed by atoms with Crippen molar-refractivity contribution in [2.75, 3.05) is 13.1 Å². The van der Waals surface area contributed by atoms with Gasteiger partial charge in [0.05, 0.1) is 0 Å². The Hall–Kier alpha value is -1.99. The molecule has 1 aromatic heterocycles. The average molecular weight is 319 g/mol. The van der Waals surface area contributed by atoms with Gasteiger partial charge in [0.15, 0.2) is 0 Å². The van der Waals surface area contributed by atoms with E-state index < -0.39 is 15.3 Å². The van der Waals surface area contributed by atoms with Crippen LogP contribution in [-0.2, 0) is 21.2 Å². The molecule has 116 valence electrons. The van der Waals surface area contributed by atoms with Crippen LogP contribution in [0.1, 0.15) is 12.0 Å². The number of fused-ring (bicyclic) bond motifs is 1. The van der Waals surface area contributed by atoms with Crippen LogP contribution in [0.15, 0.2) is 36.7 Å². The quantitative estimate of drug-likeness (QED) is 0.896. The maximum atomic E-state index is 11.9. The standard InChI is InChI=1S/C15H17N3O3S/c16-22(20,21)13-8-15(19)18(10-13)7-5-11-2-1-3-12-9-17-6-4-14(11)12/h1-4,6,9,13H,5,7-8,10H2,(H2,16,20,21). The molecule has 2 aromatic rings. The molecule has 0 bridgehead atoms. The highest BCUT2D eigenvalue weighted by molar-refractivity contribution is 7.89. The number of carbonyl (C=O) groups excluding carboxylic acids is 1. The van der Waals surface area contributed by atoms with Gasteiger partial charge in [-0.15, -0.1) is 0 Å². The minimum Gasteiger partial charge on any atom is -0.341 e. The summed E-state index contributed by atoms with van der Waals surface area (Å²) in [6.45, 7) is 0.677. The fourth-order valence-corrected chi connectivity index (χ4v) is 3.60. The van der Waals surface area contributed by atoms with Crippen molar-refractivity contribution in [2.24, 2.45) is 5.14 Å². The van der Waals surface area contributed by atoms with Crippen molar-refractivity contribution in [1.29, 1.82) is 0 Å². The minimum atomic E-state index is -3.66. The topological polar surface area (TPSA) is 93.4 Å². The van der Waals surface area contributed by atoms with Crippen LogP contribution >= 0.6 is 0 Å². The Morgan fingerprint density at radius 3 is 2.86 bits per heavy atom. The molecule has 0 aliphatic carbocycles. The van der Waals surface area contributed by atoms with E-state index in [1.165, 1.54) is 0 Å². The monoisotopic (exact) mass is 319 g/mol. The van der Waals surface area contributed by atoms with E-state index in [0.717, 1.165) is 16.3 Å².